The van der Waals surface area contributed by atoms with E-state index in [2.05, 4.69) is 257 Å². The van der Waals surface area contributed by atoms with Crippen LogP contribution in [0.5, 0.6) is 17.2 Å². The number of aliphatic imine (C=N–C) groups is 5. The van der Waals surface area contributed by atoms with Crippen molar-refractivity contribution in [3.8, 4) is 17.2 Å². The van der Waals surface area contributed by atoms with E-state index in [9.17, 15) is 9.50 Å². The molecule has 0 spiro atoms. The molecule has 6 atom stereocenters. The van der Waals surface area contributed by atoms with Crippen LogP contribution in [-0.2, 0) is 13.0 Å². The molecule has 10 nitrogen and oxygen atoms in total. The van der Waals surface area contributed by atoms with Crippen LogP contribution in [0, 0.1) is 39.4 Å². The zero-order chi connectivity index (χ0) is 88.0. The van der Waals surface area contributed by atoms with E-state index >= 15 is 0 Å². The summed E-state index contributed by atoms with van der Waals surface area (Å²) in [5.74, 6) is 3.44. The first-order valence-electron chi connectivity index (χ1n) is 42.7. The van der Waals surface area contributed by atoms with Crippen molar-refractivity contribution in [3.05, 3.63) is 419 Å². The van der Waals surface area contributed by atoms with Gasteiger partial charge in [-0.15, -0.1) is 81.5 Å². The van der Waals surface area contributed by atoms with Crippen LogP contribution in [0.15, 0.2) is 374 Å². The minimum Gasteiger partial charge on any atom is -0.497 e. The van der Waals surface area contributed by atoms with Crippen molar-refractivity contribution in [2.24, 2.45) is 30.9 Å². The van der Waals surface area contributed by atoms with Crippen molar-refractivity contribution in [2.75, 3.05) is 21.3 Å². The second-order valence-electron chi connectivity index (χ2n) is 31.7. The fourth-order valence-corrected chi connectivity index (χ4v) is 24.9. The van der Waals surface area contributed by atoms with Gasteiger partial charge in [0.2, 0.25) is 0 Å². The molecule has 1 aliphatic carbocycles. The Labute approximate surface area is 783 Å². The Morgan fingerprint density at radius 2 is 0.930 bits per heavy atom. The third-order valence-corrected chi connectivity index (χ3v) is 32.0. The van der Waals surface area contributed by atoms with E-state index in [4.69, 9.17) is 55.2 Å². The first-order chi connectivity index (χ1) is 62.7. The molecule has 0 radical (unpaired) electrons. The minimum atomic E-state index is -0.178. The smallest absolute Gasteiger partial charge is 0.148 e. The van der Waals surface area contributed by atoms with E-state index in [1.54, 1.807) is 68.1 Å². The van der Waals surface area contributed by atoms with Gasteiger partial charge in [-0.25, -0.2) is 9.38 Å². The topological polar surface area (TPSA) is 123 Å². The fraction of sp³-hybridized carbons (Fsp3) is 0.183. The second-order valence-corrected chi connectivity index (χ2v) is 40.2. The number of methoxy groups -OCH3 is 3. The van der Waals surface area contributed by atoms with E-state index in [-0.39, 0.29) is 33.4 Å². The van der Waals surface area contributed by atoms with Crippen molar-refractivity contribution in [2.45, 2.75) is 124 Å². The summed E-state index contributed by atoms with van der Waals surface area (Å²) in [4.78, 5) is 33.4. The molecule has 19 heteroatoms. The second kappa shape index (κ2) is 42.1. The van der Waals surface area contributed by atoms with E-state index in [0.717, 1.165) is 133 Å². The summed E-state index contributed by atoms with van der Waals surface area (Å²) in [6.45, 7) is 8.33. The number of halogens is 2. The number of ether oxygens (including phenoxy) is 3. The lowest BCUT2D eigenvalue weighted by atomic mass is 9.78. The lowest BCUT2D eigenvalue weighted by molar-refractivity contribution is 0.273. The number of aliphatic hydroxyl groups excluding tert-OH is 1. The van der Waals surface area contributed by atoms with Gasteiger partial charge in [-0.3, -0.25) is 20.0 Å². The fourth-order valence-electron chi connectivity index (χ4n) is 16.7. The van der Waals surface area contributed by atoms with Gasteiger partial charge in [-0.05, 0) is 240 Å². The molecule has 5 aliphatic heterocycles. The van der Waals surface area contributed by atoms with Crippen LogP contribution in [0.4, 0.5) is 32.8 Å². The van der Waals surface area contributed by atoms with E-state index in [1.165, 1.54) is 91.3 Å². The van der Waals surface area contributed by atoms with Gasteiger partial charge in [0, 0.05) is 114 Å². The van der Waals surface area contributed by atoms with E-state index in [0.29, 0.717) is 23.2 Å². The number of nitrogens with zero attached hydrogens (tertiary/aromatic N) is 5. The maximum Gasteiger partial charge on any atom is 0.148 e. The van der Waals surface area contributed by atoms with Gasteiger partial charge in [0.1, 0.15) is 28.8 Å². The van der Waals surface area contributed by atoms with Crippen molar-refractivity contribution in [1.82, 2.24) is 0 Å². The Hall–Kier alpha value is -11.0. The molecule has 1 N–H and O–H groups in total. The first-order valence-corrected chi connectivity index (χ1v) is 49.2. The van der Waals surface area contributed by atoms with Crippen molar-refractivity contribution in [1.29, 1.82) is 0 Å². The van der Waals surface area contributed by atoms with Crippen LogP contribution in [0.1, 0.15) is 146 Å². The van der Waals surface area contributed by atoms with E-state index < -0.39 is 0 Å². The Balaban J connectivity index is 0.000000113. The maximum absolute atomic E-state index is 14.3. The number of furan rings is 1. The molecule has 642 valence electrons. The highest BCUT2D eigenvalue weighted by molar-refractivity contribution is 8.00. The SMILES string of the molecule is COc1c(C)cc(C2Sc3ccccc3N=C3c4ccccc4CCC32)cc1CO.COc1ccc(C2=Nc3ccccc3SC(c3ccc(OC)c(C)c3)C2)cc1.Cc1ccc(C2CC(c3cccs3)=Nc3ccccc3S2)c(Cl)c1.Cc1ccc(C2CC(c3cccs3)=Nc3ccccc3S2)cc1.Fc1ccccc1C1CC(c2ccco2)=Nc2ccccc2S1. The summed E-state index contributed by atoms with van der Waals surface area (Å²) in [6.07, 6.45) is 7.09. The zero-order valence-electron chi connectivity index (χ0n) is 71.9. The van der Waals surface area contributed by atoms with Gasteiger partial charge in [-0.2, -0.15) is 0 Å². The maximum atomic E-state index is 14.3. The number of hydrogen-bond donors (Lipinski definition) is 1. The lowest BCUT2D eigenvalue weighted by Crippen LogP contribution is -2.27. The normalized spacial score (nSPS) is 17.5. The summed E-state index contributed by atoms with van der Waals surface area (Å²) in [7, 11) is 5.07. The highest BCUT2D eigenvalue weighted by atomic mass is 35.5. The van der Waals surface area contributed by atoms with Gasteiger partial charge in [0.25, 0.3) is 0 Å². The molecular weight excluding hydrogens is 1740 g/mol. The molecule has 6 unspecified atom stereocenters. The molecule has 15 aromatic rings. The third kappa shape index (κ3) is 21.1. The summed E-state index contributed by atoms with van der Waals surface area (Å²) < 4.78 is 36.1. The molecule has 6 aliphatic rings. The predicted octanol–water partition coefficient (Wildman–Crippen LogP) is 31.7. The van der Waals surface area contributed by atoms with Crippen LogP contribution >= 0.6 is 93.1 Å². The number of thiophene rings is 2. The molecule has 128 heavy (non-hydrogen) atoms. The Morgan fingerprint density at radius 1 is 0.422 bits per heavy atom. The Morgan fingerprint density at radius 3 is 1.49 bits per heavy atom. The Kier molecular flexibility index (Phi) is 29.2. The number of para-hydroxylation sites is 5. The molecule has 3 aromatic heterocycles. The highest BCUT2D eigenvalue weighted by Crippen LogP contribution is 2.55. The average molecular weight is 1830 g/mol. The molecule has 8 heterocycles. The summed E-state index contributed by atoms with van der Waals surface area (Å²) >= 11 is 19.3. The average Bonchev–Trinajstić information content (AvgIpc) is 1.51. The molecule has 0 amide bonds. The lowest BCUT2D eigenvalue weighted by Gasteiger charge is -2.32. The van der Waals surface area contributed by atoms with Gasteiger partial charge in [-0.1, -0.05) is 187 Å². The van der Waals surface area contributed by atoms with Crippen molar-refractivity contribution in [3.63, 3.8) is 0 Å². The molecule has 0 saturated carbocycles. The molecule has 21 rings (SSSR count). The van der Waals surface area contributed by atoms with E-state index in [1.807, 2.05) is 120 Å². The van der Waals surface area contributed by atoms with Crippen LogP contribution in [0.3, 0.4) is 0 Å². The van der Waals surface area contributed by atoms with Crippen LogP contribution in [0.25, 0.3) is 0 Å². The van der Waals surface area contributed by atoms with Crippen LogP contribution < -0.4 is 14.2 Å². The number of aryl methyl sites for hydroxylation is 5. The van der Waals surface area contributed by atoms with Gasteiger partial charge in [0.15, 0.2) is 0 Å². The molecular formula is C109H95ClFN5O5S7. The van der Waals surface area contributed by atoms with Gasteiger partial charge >= 0.3 is 0 Å². The summed E-state index contributed by atoms with van der Waals surface area (Å²) in [5, 5.41) is 16.2. The number of thioether (sulfide) groups is 5. The van der Waals surface area contributed by atoms with Gasteiger partial charge in [0.05, 0.1) is 85.5 Å². The van der Waals surface area contributed by atoms with Crippen molar-refractivity contribution >= 4 is 150 Å². The number of rotatable bonds is 13. The molecule has 0 saturated heterocycles. The number of hydrogen-bond acceptors (Lipinski definition) is 17. The summed E-state index contributed by atoms with van der Waals surface area (Å²) in [5.41, 5.74) is 25.8. The minimum absolute atomic E-state index is 0.0275. The molecule has 0 bridgehead atoms. The molecule has 0 fully saturated rings. The monoisotopic (exact) mass is 1830 g/mol. The third-order valence-electron chi connectivity index (χ3n) is 23.1. The predicted molar refractivity (Wildman–Crippen MR) is 538 cm³/mol. The van der Waals surface area contributed by atoms with Crippen LogP contribution in [-0.4, -0.2) is 55.0 Å². The number of benzene rings is 12. The standard InChI is InChI=1S/C26H25NO2S.C24H23NO2S.C20H16ClNS2.C20H17NS2.C19H14FNOS/c1-16-13-18(14-19(15-28)25(16)29-2)26-21-12-11-17-7-3-4-8-20(17)24(21)27-22-9-5-6-10-23(22)30-26;1-16-14-18(10-13-22(16)27-3)24-15-21(17-8-11-19(26-2)12-9-17)25-20-6-4-5-7-23(20)28-24;1-13-8-9-14(15(21)11-13)20-12-17(18-7-4-10-23-18)22-16-5-2-3-6-19(16)24-20;1-14-8-10-15(11-9-14)20-13-17(18-7-4-12-22-18)21-16-5-2-3-6-19(16)23-20;20-14-7-2-1-6-13(14)19-12-16(17-9-5-11-22-17)21-15-8-3-4-10-18(15)23-19/h3-10,13-14,21,26,28H,11-12,15H2,1-2H3;4-14,24H,15H2,1-3H3;2-11,20H,12H2,1H3;2-12,20H,13H2,1H3;1-11,19H,12H2. The molecule has 12 aromatic carbocycles. The first kappa shape index (κ1) is 89.0. The largest absolute Gasteiger partial charge is 0.497 e. The van der Waals surface area contributed by atoms with Gasteiger partial charge < -0.3 is 23.7 Å². The summed E-state index contributed by atoms with van der Waals surface area (Å²) in [6, 6.07) is 104. The number of fused-ring (bicyclic) bond motifs is 8. The van der Waals surface area contributed by atoms with Crippen LogP contribution in [0.2, 0.25) is 5.02 Å². The number of aliphatic hydroxyl groups is 1. The Bertz CT molecular complexity index is 6570. The quantitative estimate of drug-likeness (QED) is 0.119. The highest BCUT2D eigenvalue weighted by Gasteiger charge is 2.37. The van der Waals surface area contributed by atoms with Crippen molar-refractivity contribution < 1.29 is 28.1 Å². The zero-order valence-corrected chi connectivity index (χ0v) is 78.4.